The van der Waals surface area contributed by atoms with Crippen molar-refractivity contribution in [3.8, 4) is 11.5 Å². The van der Waals surface area contributed by atoms with Gasteiger partial charge in [-0.25, -0.2) is 0 Å². The molecule has 21 heavy (non-hydrogen) atoms. The van der Waals surface area contributed by atoms with Crippen molar-refractivity contribution in [3.63, 3.8) is 0 Å². The van der Waals surface area contributed by atoms with E-state index in [-0.39, 0.29) is 12.5 Å². The molecule has 2 rings (SSSR count). The van der Waals surface area contributed by atoms with Crippen LogP contribution in [0.15, 0.2) is 18.2 Å². The van der Waals surface area contributed by atoms with Gasteiger partial charge in [0, 0.05) is 13.2 Å². The van der Waals surface area contributed by atoms with Gasteiger partial charge < -0.3 is 24.3 Å². The molecule has 0 atom stereocenters. The standard InChI is InChI=1S/C15H21NO5/c1-3-18-13(19-4-2)10-16-15(17)11-6-5-7-12-14(11)21-9-8-20-12/h5-7,13H,3-4,8-10H2,1-2H3,(H,16,17). The Morgan fingerprint density at radius 3 is 2.67 bits per heavy atom. The molecule has 0 radical (unpaired) electrons. The van der Waals surface area contributed by atoms with Crippen molar-refractivity contribution in [2.24, 2.45) is 0 Å². The van der Waals surface area contributed by atoms with Crippen LogP contribution in [0.4, 0.5) is 0 Å². The van der Waals surface area contributed by atoms with Crippen LogP contribution in [0.5, 0.6) is 11.5 Å². The SMILES string of the molecule is CCOC(CNC(=O)c1cccc2c1OCCO2)OCC. The van der Waals surface area contributed by atoms with E-state index < -0.39 is 6.29 Å². The lowest BCUT2D eigenvalue weighted by atomic mass is 10.1. The third kappa shape index (κ3) is 4.09. The van der Waals surface area contributed by atoms with Crippen molar-refractivity contribution in [1.29, 1.82) is 0 Å². The summed E-state index contributed by atoms with van der Waals surface area (Å²) in [6.45, 7) is 6.04. The molecule has 6 nitrogen and oxygen atoms in total. The molecule has 0 spiro atoms. The quantitative estimate of drug-likeness (QED) is 0.774. The molecule has 0 aliphatic carbocycles. The number of ether oxygens (including phenoxy) is 4. The van der Waals surface area contributed by atoms with Gasteiger partial charge in [-0.1, -0.05) is 6.07 Å². The minimum Gasteiger partial charge on any atom is -0.486 e. The molecule has 0 saturated carbocycles. The molecule has 1 aromatic carbocycles. The molecule has 116 valence electrons. The average molecular weight is 295 g/mol. The third-order valence-corrected chi connectivity index (χ3v) is 2.95. The molecule has 0 aromatic heterocycles. The van der Waals surface area contributed by atoms with Gasteiger partial charge in [-0.05, 0) is 26.0 Å². The summed E-state index contributed by atoms with van der Waals surface area (Å²) in [7, 11) is 0. The van der Waals surface area contributed by atoms with Crippen LogP contribution in [-0.4, -0.2) is 45.2 Å². The summed E-state index contributed by atoms with van der Waals surface area (Å²) in [6, 6.07) is 5.26. The fourth-order valence-corrected chi connectivity index (χ4v) is 2.06. The summed E-state index contributed by atoms with van der Waals surface area (Å²) in [5, 5.41) is 2.79. The van der Waals surface area contributed by atoms with Crippen LogP contribution in [0.1, 0.15) is 24.2 Å². The van der Waals surface area contributed by atoms with E-state index in [0.29, 0.717) is 43.5 Å². The monoisotopic (exact) mass is 295 g/mol. The lowest BCUT2D eigenvalue weighted by Gasteiger charge is -2.21. The minimum atomic E-state index is -0.444. The highest BCUT2D eigenvalue weighted by atomic mass is 16.7. The van der Waals surface area contributed by atoms with Crippen LogP contribution >= 0.6 is 0 Å². The van der Waals surface area contributed by atoms with Crippen LogP contribution in [0.3, 0.4) is 0 Å². The number of rotatable bonds is 7. The van der Waals surface area contributed by atoms with Crippen molar-refractivity contribution < 1.29 is 23.7 Å². The van der Waals surface area contributed by atoms with Crippen molar-refractivity contribution in [1.82, 2.24) is 5.32 Å². The van der Waals surface area contributed by atoms with Gasteiger partial charge in [0.25, 0.3) is 5.91 Å². The predicted octanol–water partition coefficient (Wildman–Crippen LogP) is 1.59. The Bertz CT molecular complexity index is 471. The molecule has 1 heterocycles. The number of hydrogen-bond acceptors (Lipinski definition) is 5. The van der Waals surface area contributed by atoms with Gasteiger partial charge in [-0.3, -0.25) is 4.79 Å². The van der Waals surface area contributed by atoms with Crippen LogP contribution in [0, 0.1) is 0 Å². The smallest absolute Gasteiger partial charge is 0.255 e. The highest BCUT2D eigenvalue weighted by Gasteiger charge is 2.21. The van der Waals surface area contributed by atoms with Gasteiger partial charge in [-0.2, -0.15) is 0 Å². The normalized spacial score (nSPS) is 13.3. The van der Waals surface area contributed by atoms with E-state index in [1.54, 1.807) is 18.2 Å². The third-order valence-electron chi connectivity index (χ3n) is 2.95. The summed E-state index contributed by atoms with van der Waals surface area (Å²) in [5.74, 6) is 0.854. The second-order valence-corrected chi connectivity index (χ2v) is 4.38. The number of para-hydroxylation sites is 1. The first-order chi connectivity index (χ1) is 10.3. The largest absolute Gasteiger partial charge is 0.486 e. The Labute approximate surface area is 124 Å². The van der Waals surface area contributed by atoms with Crippen LogP contribution in [0.25, 0.3) is 0 Å². The van der Waals surface area contributed by atoms with Crippen LogP contribution in [0.2, 0.25) is 0 Å². The van der Waals surface area contributed by atoms with E-state index in [4.69, 9.17) is 18.9 Å². The number of fused-ring (bicyclic) bond motifs is 1. The molecule has 1 aliphatic rings. The summed E-state index contributed by atoms with van der Waals surface area (Å²) in [5.41, 5.74) is 0.457. The van der Waals surface area contributed by atoms with E-state index in [0.717, 1.165) is 0 Å². The number of benzene rings is 1. The summed E-state index contributed by atoms with van der Waals surface area (Å²) < 4.78 is 21.8. The highest BCUT2D eigenvalue weighted by Crippen LogP contribution is 2.33. The molecule has 6 heteroatoms. The maximum atomic E-state index is 12.3. The zero-order valence-corrected chi connectivity index (χ0v) is 12.4. The maximum Gasteiger partial charge on any atom is 0.255 e. The molecule has 0 bridgehead atoms. The topological polar surface area (TPSA) is 66.0 Å². The number of carbonyl (C=O) groups excluding carboxylic acids is 1. The molecule has 0 fully saturated rings. The first-order valence-electron chi connectivity index (χ1n) is 7.16. The van der Waals surface area contributed by atoms with Crippen molar-refractivity contribution in [2.45, 2.75) is 20.1 Å². The Balaban J connectivity index is 2.00. The summed E-state index contributed by atoms with van der Waals surface area (Å²) in [6.07, 6.45) is -0.444. The van der Waals surface area contributed by atoms with Gasteiger partial charge in [-0.15, -0.1) is 0 Å². The fraction of sp³-hybridized carbons (Fsp3) is 0.533. The Morgan fingerprint density at radius 1 is 1.24 bits per heavy atom. The number of carbonyl (C=O) groups is 1. The zero-order chi connectivity index (χ0) is 15.1. The molecule has 0 unspecified atom stereocenters. The number of nitrogens with one attached hydrogen (secondary N) is 1. The molecular weight excluding hydrogens is 274 g/mol. The van der Waals surface area contributed by atoms with Gasteiger partial charge in [0.2, 0.25) is 0 Å². The molecular formula is C15H21NO5. The number of hydrogen-bond donors (Lipinski definition) is 1. The summed E-state index contributed by atoms with van der Waals surface area (Å²) in [4.78, 5) is 12.3. The Kier molecular flexibility index (Phi) is 5.83. The van der Waals surface area contributed by atoms with E-state index in [1.165, 1.54) is 0 Å². The van der Waals surface area contributed by atoms with Gasteiger partial charge in [0.15, 0.2) is 17.8 Å². The van der Waals surface area contributed by atoms with E-state index in [2.05, 4.69) is 5.32 Å². The zero-order valence-electron chi connectivity index (χ0n) is 12.4. The highest BCUT2D eigenvalue weighted by molar-refractivity contribution is 5.97. The second-order valence-electron chi connectivity index (χ2n) is 4.38. The Hall–Kier alpha value is -1.79. The van der Waals surface area contributed by atoms with E-state index in [1.807, 2.05) is 13.8 Å². The first-order valence-corrected chi connectivity index (χ1v) is 7.16. The molecule has 1 aliphatic heterocycles. The molecule has 1 amide bonds. The van der Waals surface area contributed by atoms with Gasteiger partial charge in [0.05, 0.1) is 12.1 Å². The average Bonchev–Trinajstić information content (AvgIpc) is 2.52. The first kappa shape index (κ1) is 15.6. The van der Waals surface area contributed by atoms with E-state index >= 15 is 0 Å². The lowest BCUT2D eigenvalue weighted by Crippen LogP contribution is -2.35. The van der Waals surface area contributed by atoms with Crippen molar-refractivity contribution in [3.05, 3.63) is 23.8 Å². The molecule has 1 aromatic rings. The number of amides is 1. The minimum absolute atomic E-state index is 0.234. The molecule has 1 N–H and O–H groups in total. The summed E-state index contributed by atoms with van der Waals surface area (Å²) >= 11 is 0. The molecule has 0 saturated heterocycles. The Morgan fingerprint density at radius 2 is 1.95 bits per heavy atom. The maximum absolute atomic E-state index is 12.3. The second kappa shape index (κ2) is 7.85. The van der Waals surface area contributed by atoms with Gasteiger partial charge >= 0.3 is 0 Å². The van der Waals surface area contributed by atoms with E-state index in [9.17, 15) is 4.79 Å². The van der Waals surface area contributed by atoms with Gasteiger partial charge in [0.1, 0.15) is 13.2 Å². The van der Waals surface area contributed by atoms with Crippen molar-refractivity contribution >= 4 is 5.91 Å². The fourth-order valence-electron chi connectivity index (χ4n) is 2.06. The van der Waals surface area contributed by atoms with Crippen LogP contribution in [-0.2, 0) is 9.47 Å². The van der Waals surface area contributed by atoms with Crippen LogP contribution < -0.4 is 14.8 Å². The lowest BCUT2D eigenvalue weighted by molar-refractivity contribution is -0.131. The van der Waals surface area contributed by atoms with Crippen molar-refractivity contribution in [2.75, 3.05) is 33.0 Å². The predicted molar refractivity (Wildman–Crippen MR) is 76.8 cm³/mol.